The summed E-state index contributed by atoms with van der Waals surface area (Å²) in [7, 11) is 0. The Morgan fingerprint density at radius 3 is 2.95 bits per heavy atom. The Bertz CT molecular complexity index is 801. The molecule has 1 aliphatic rings. The normalized spacial score (nSPS) is 18.7. The minimum Gasteiger partial charge on any atom is -0.381 e. The molecule has 21 heavy (non-hydrogen) atoms. The Hall–Kier alpha value is -2.28. The van der Waals surface area contributed by atoms with Gasteiger partial charge in [-0.15, -0.1) is 0 Å². The average Bonchev–Trinajstić information content (AvgIpc) is 3.17. The van der Waals surface area contributed by atoms with E-state index in [-0.39, 0.29) is 5.92 Å². The first kappa shape index (κ1) is 12.5. The lowest BCUT2D eigenvalue weighted by Crippen LogP contribution is -2.00. The van der Waals surface area contributed by atoms with Crippen LogP contribution < -0.4 is 0 Å². The molecule has 1 atom stereocenters. The van der Waals surface area contributed by atoms with E-state index in [2.05, 4.69) is 20.2 Å². The highest BCUT2D eigenvalue weighted by Gasteiger charge is 2.24. The van der Waals surface area contributed by atoms with Crippen LogP contribution >= 0.6 is 0 Å². The number of rotatable bonds is 2. The maximum Gasteiger partial charge on any atom is 0.276 e. The van der Waals surface area contributed by atoms with Crippen LogP contribution in [0.2, 0.25) is 0 Å². The summed E-state index contributed by atoms with van der Waals surface area (Å²) in [6.45, 7) is 5.34. The molecule has 108 valence electrons. The molecule has 0 unspecified atom stereocenters. The molecule has 0 bridgehead atoms. The Kier molecular flexibility index (Phi) is 2.75. The second-order valence-corrected chi connectivity index (χ2v) is 5.36. The molecule has 0 aliphatic carbocycles. The van der Waals surface area contributed by atoms with E-state index >= 15 is 0 Å². The number of hydrogen-bond donors (Lipinski definition) is 0. The zero-order chi connectivity index (χ0) is 14.4. The van der Waals surface area contributed by atoms with Crippen LogP contribution in [0.1, 0.15) is 29.6 Å². The third-order valence-corrected chi connectivity index (χ3v) is 3.68. The van der Waals surface area contributed by atoms with Crippen molar-refractivity contribution in [1.82, 2.24) is 24.7 Å². The monoisotopic (exact) mass is 285 g/mol. The van der Waals surface area contributed by atoms with E-state index in [0.717, 1.165) is 30.1 Å². The van der Waals surface area contributed by atoms with Crippen LogP contribution in [0.5, 0.6) is 0 Å². The molecule has 4 heterocycles. The number of aryl methyl sites for hydroxylation is 2. The number of aromatic nitrogens is 5. The molecule has 3 aromatic rings. The molecule has 0 spiro atoms. The summed E-state index contributed by atoms with van der Waals surface area (Å²) in [4.78, 5) is 9.01. The van der Waals surface area contributed by atoms with Gasteiger partial charge in [-0.1, -0.05) is 5.16 Å². The SMILES string of the molecule is Cc1cc2nc(-c3nc([C@@H]4CCOC4)no3)cc(C)n2n1. The van der Waals surface area contributed by atoms with Crippen LogP contribution in [0, 0.1) is 13.8 Å². The predicted molar refractivity (Wildman–Crippen MR) is 73.9 cm³/mol. The summed E-state index contributed by atoms with van der Waals surface area (Å²) in [5.74, 6) is 1.37. The van der Waals surface area contributed by atoms with Crippen molar-refractivity contribution in [2.24, 2.45) is 0 Å². The van der Waals surface area contributed by atoms with E-state index in [4.69, 9.17) is 9.26 Å². The van der Waals surface area contributed by atoms with Gasteiger partial charge in [0, 0.05) is 24.3 Å². The highest BCUT2D eigenvalue weighted by molar-refractivity contribution is 5.54. The molecule has 1 fully saturated rings. The van der Waals surface area contributed by atoms with Crippen LogP contribution in [0.4, 0.5) is 0 Å². The van der Waals surface area contributed by atoms with Crippen LogP contribution in [0.25, 0.3) is 17.2 Å². The summed E-state index contributed by atoms with van der Waals surface area (Å²) in [5.41, 5.74) is 3.37. The summed E-state index contributed by atoms with van der Waals surface area (Å²) >= 11 is 0. The van der Waals surface area contributed by atoms with Crippen molar-refractivity contribution in [3.05, 3.63) is 29.3 Å². The summed E-state index contributed by atoms with van der Waals surface area (Å²) in [6, 6.07) is 3.83. The first-order valence-electron chi connectivity index (χ1n) is 6.96. The van der Waals surface area contributed by atoms with E-state index in [1.165, 1.54) is 0 Å². The third-order valence-electron chi connectivity index (χ3n) is 3.68. The Balaban J connectivity index is 1.75. The fourth-order valence-corrected chi connectivity index (χ4v) is 2.59. The molecule has 0 N–H and O–H groups in total. The van der Waals surface area contributed by atoms with Crippen LogP contribution in [-0.4, -0.2) is 38.0 Å². The zero-order valence-corrected chi connectivity index (χ0v) is 11.9. The molecule has 1 saturated heterocycles. The summed E-state index contributed by atoms with van der Waals surface area (Å²) in [6.07, 6.45) is 0.937. The Morgan fingerprint density at radius 1 is 1.24 bits per heavy atom. The van der Waals surface area contributed by atoms with Crippen LogP contribution in [0.15, 0.2) is 16.7 Å². The van der Waals surface area contributed by atoms with Crippen LogP contribution in [-0.2, 0) is 4.74 Å². The second-order valence-electron chi connectivity index (χ2n) is 5.36. The quantitative estimate of drug-likeness (QED) is 0.715. The van der Waals surface area contributed by atoms with Crippen molar-refractivity contribution >= 4 is 5.65 Å². The molecule has 7 heteroatoms. The molecule has 0 aromatic carbocycles. The van der Waals surface area contributed by atoms with Crippen molar-refractivity contribution in [3.63, 3.8) is 0 Å². The molecular formula is C14H15N5O2. The van der Waals surface area contributed by atoms with E-state index in [1.807, 2.05) is 26.0 Å². The van der Waals surface area contributed by atoms with Crippen molar-refractivity contribution in [3.8, 4) is 11.6 Å². The molecule has 3 aromatic heterocycles. The molecule has 0 amide bonds. The summed E-state index contributed by atoms with van der Waals surface area (Å²) in [5, 5.41) is 8.45. The smallest absolute Gasteiger partial charge is 0.276 e. The lowest BCUT2D eigenvalue weighted by Gasteiger charge is -2.00. The first-order valence-corrected chi connectivity index (χ1v) is 6.96. The van der Waals surface area contributed by atoms with Crippen molar-refractivity contribution in [1.29, 1.82) is 0 Å². The largest absolute Gasteiger partial charge is 0.381 e. The van der Waals surface area contributed by atoms with Gasteiger partial charge in [-0.2, -0.15) is 10.1 Å². The number of ether oxygens (including phenoxy) is 1. The molecule has 4 rings (SSSR count). The number of fused-ring (bicyclic) bond motifs is 1. The first-order chi connectivity index (χ1) is 10.2. The maximum atomic E-state index is 5.36. The Labute approximate surface area is 120 Å². The standard InChI is InChI=1S/C14H15N5O2/c1-8-5-12-15-11(6-9(2)19(12)17-8)14-16-13(18-21-14)10-3-4-20-7-10/h5-6,10H,3-4,7H2,1-2H3/t10-/m1/s1. The lowest BCUT2D eigenvalue weighted by atomic mass is 10.1. The molecular weight excluding hydrogens is 270 g/mol. The van der Waals surface area contributed by atoms with Gasteiger partial charge >= 0.3 is 0 Å². The van der Waals surface area contributed by atoms with Gasteiger partial charge < -0.3 is 9.26 Å². The van der Waals surface area contributed by atoms with Gasteiger partial charge in [0.1, 0.15) is 5.69 Å². The number of hydrogen-bond acceptors (Lipinski definition) is 6. The Morgan fingerprint density at radius 2 is 2.14 bits per heavy atom. The highest BCUT2D eigenvalue weighted by Crippen LogP contribution is 2.25. The maximum absolute atomic E-state index is 5.36. The topological polar surface area (TPSA) is 78.3 Å². The van der Waals surface area contributed by atoms with Crippen LogP contribution in [0.3, 0.4) is 0 Å². The fraction of sp³-hybridized carbons (Fsp3) is 0.429. The van der Waals surface area contributed by atoms with E-state index < -0.39 is 0 Å². The van der Waals surface area contributed by atoms with Gasteiger partial charge in [0.25, 0.3) is 5.89 Å². The van der Waals surface area contributed by atoms with Gasteiger partial charge in [0.15, 0.2) is 11.5 Å². The minimum absolute atomic E-state index is 0.226. The fourth-order valence-electron chi connectivity index (χ4n) is 2.59. The molecule has 0 saturated carbocycles. The highest BCUT2D eigenvalue weighted by atomic mass is 16.5. The van der Waals surface area contributed by atoms with E-state index in [1.54, 1.807) is 4.52 Å². The minimum atomic E-state index is 0.226. The predicted octanol–water partition coefficient (Wildman–Crippen LogP) is 1.90. The molecule has 7 nitrogen and oxygen atoms in total. The van der Waals surface area contributed by atoms with Gasteiger partial charge in [-0.05, 0) is 26.3 Å². The average molecular weight is 285 g/mol. The van der Waals surface area contributed by atoms with E-state index in [0.29, 0.717) is 24.0 Å². The van der Waals surface area contributed by atoms with Crippen molar-refractivity contribution in [2.45, 2.75) is 26.2 Å². The number of nitrogens with zero attached hydrogens (tertiary/aromatic N) is 5. The van der Waals surface area contributed by atoms with Gasteiger partial charge in [-0.3, -0.25) is 0 Å². The second kappa shape index (κ2) is 4.63. The van der Waals surface area contributed by atoms with Crippen molar-refractivity contribution < 1.29 is 9.26 Å². The van der Waals surface area contributed by atoms with Crippen molar-refractivity contribution in [2.75, 3.05) is 13.2 Å². The third kappa shape index (κ3) is 2.09. The van der Waals surface area contributed by atoms with Gasteiger partial charge in [-0.25, -0.2) is 9.50 Å². The van der Waals surface area contributed by atoms with Gasteiger partial charge in [0.2, 0.25) is 0 Å². The van der Waals surface area contributed by atoms with Gasteiger partial charge in [0.05, 0.1) is 12.3 Å². The zero-order valence-electron chi connectivity index (χ0n) is 11.9. The van der Waals surface area contributed by atoms with E-state index in [9.17, 15) is 0 Å². The molecule has 1 aliphatic heterocycles. The molecule has 0 radical (unpaired) electrons. The summed E-state index contributed by atoms with van der Waals surface area (Å²) < 4.78 is 12.5. The lowest BCUT2D eigenvalue weighted by molar-refractivity contribution is 0.192.